The number of hydrogen-bond acceptors (Lipinski definition) is 5. The molecule has 1 aliphatic rings. The summed E-state index contributed by atoms with van der Waals surface area (Å²) in [6.07, 6.45) is 3.58. The molecule has 0 atom stereocenters. The Morgan fingerprint density at radius 3 is 2.57 bits per heavy atom. The predicted octanol–water partition coefficient (Wildman–Crippen LogP) is 3.10. The van der Waals surface area contributed by atoms with Crippen molar-refractivity contribution in [2.75, 3.05) is 19.6 Å². The van der Waals surface area contributed by atoms with Crippen LogP contribution in [0, 0.1) is 10.1 Å². The van der Waals surface area contributed by atoms with Crippen molar-refractivity contribution in [2.45, 2.75) is 37.1 Å². The molecular weight excluding hydrogens is 378 g/mol. The van der Waals surface area contributed by atoms with Crippen LogP contribution in [-0.4, -0.2) is 37.9 Å². The van der Waals surface area contributed by atoms with Crippen molar-refractivity contribution in [1.82, 2.24) is 9.62 Å². The highest BCUT2D eigenvalue weighted by atomic mass is 32.2. The number of benzene rings is 2. The number of nitro benzene ring substituents is 1. The van der Waals surface area contributed by atoms with Crippen molar-refractivity contribution < 1.29 is 13.3 Å². The van der Waals surface area contributed by atoms with Crippen molar-refractivity contribution >= 4 is 15.7 Å². The molecule has 0 spiro atoms. The third-order valence-electron chi connectivity index (χ3n) is 4.99. The maximum Gasteiger partial charge on any atom is 0.269 e. The molecule has 1 aliphatic heterocycles. The maximum atomic E-state index is 12.1. The van der Waals surface area contributed by atoms with Gasteiger partial charge in [-0.05, 0) is 49.1 Å². The number of nitrogens with zero attached hydrogens (tertiary/aromatic N) is 2. The number of non-ortho nitro benzene ring substituents is 1. The van der Waals surface area contributed by atoms with Gasteiger partial charge in [0.15, 0.2) is 0 Å². The fraction of sp³-hybridized carbons (Fsp3) is 0.400. The quantitative estimate of drug-likeness (QED) is 0.395. The zero-order valence-corrected chi connectivity index (χ0v) is 16.5. The smallest absolute Gasteiger partial charge is 0.269 e. The van der Waals surface area contributed by atoms with Crippen LogP contribution < -0.4 is 4.72 Å². The van der Waals surface area contributed by atoms with E-state index in [0.717, 1.165) is 50.9 Å². The molecule has 0 unspecified atom stereocenters. The lowest BCUT2D eigenvalue weighted by Gasteiger charge is -2.28. The Labute approximate surface area is 165 Å². The first-order chi connectivity index (χ1) is 13.5. The first kappa shape index (κ1) is 20.4. The fourth-order valence-corrected chi connectivity index (χ4v) is 4.53. The Kier molecular flexibility index (Phi) is 6.77. The van der Waals surface area contributed by atoms with Gasteiger partial charge in [0, 0.05) is 31.8 Å². The summed E-state index contributed by atoms with van der Waals surface area (Å²) in [6, 6.07) is 13.5. The van der Waals surface area contributed by atoms with E-state index in [2.05, 4.69) is 9.62 Å². The molecule has 3 rings (SSSR count). The van der Waals surface area contributed by atoms with Crippen molar-refractivity contribution in [3.8, 4) is 0 Å². The highest BCUT2D eigenvalue weighted by molar-refractivity contribution is 7.89. The van der Waals surface area contributed by atoms with Crippen molar-refractivity contribution in [2.24, 2.45) is 0 Å². The van der Waals surface area contributed by atoms with Crippen LogP contribution in [0.15, 0.2) is 53.4 Å². The van der Waals surface area contributed by atoms with Gasteiger partial charge in [-0.25, -0.2) is 13.1 Å². The Bertz CT molecular complexity index is 916. The molecule has 0 fully saturated rings. The number of hydrogen-bond donors (Lipinski definition) is 1. The van der Waals surface area contributed by atoms with E-state index in [9.17, 15) is 18.5 Å². The van der Waals surface area contributed by atoms with Crippen LogP contribution in [0.25, 0.3) is 0 Å². The number of nitrogens with one attached hydrogen (secondary N) is 1. The number of sulfonamides is 1. The summed E-state index contributed by atoms with van der Waals surface area (Å²) < 4.78 is 26.9. The lowest BCUT2D eigenvalue weighted by Crippen LogP contribution is -2.31. The van der Waals surface area contributed by atoms with Gasteiger partial charge in [-0.3, -0.25) is 15.0 Å². The minimum Gasteiger partial charge on any atom is -0.299 e. The van der Waals surface area contributed by atoms with E-state index in [0.29, 0.717) is 6.54 Å². The summed E-state index contributed by atoms with van der Waals surface area (Å²) >= 11 is 0. The number of fused-ring (bicyclic) bond motifs is 1. The summed E-state index contributed by atoms with van der Waals surface area (Å²) in [5.41, 5.74) is 2.37. The van der Waals surface area contributed by atoms with Crippen LogP contribution >= 0.6 is 0 Å². The third-order valence-corrected chi connectivity index (χ3v) is 6.47. The first-order valence-electron chi connectivity index (χ1n) is 9.49. The van der Waals surface area contributed by atoms with E-state index in [4.69, 9.17) is 0 Å². The van der Waals surface area contributed by atoms with E-state index in [1.807, 2.05) is 6.07 Å². The van der Waals surface area contributed by atoms with Gasteiger partial charge in [-0.15, -0.1) is 0 Å². The summed E-state index contributed by atoms with van der Waals surface area (Å²) in [7, 11) is -3.43. The molecule has 28 heavy (non-hydrogen) atoms. The van der Waals surface area contributed by atoms with Crippen LogP contribution in [-0.2, 0) is 23.0 Å². The van der Waals surface area contributed by atoms with Crippen LogP contribution in [0.5, 0.6) is 0 Å². The Balaban J connectivity index is 1.38. The van der Waals surface area contributed by atoms with Gasteiger partial charge < -0.3 is 0 Å². The Morgan fingerprint density at radius 1 is 1.04 bits per heavy atom. The Hall–Kier alpha value is -2.29. The number of unbranched alkanes of at least 4 members (excludes halogenated alkanes) is 2. The van der Waals surface area contributed by atoms with Crippen molar-refractivity contribution in [3.63, 3.8) is 0 Å². The molecule has 0 amide bonds. The minimum atomic E-state index is -3.43. The largest absolute Gasteiger partial charge is 0.299 e. The SMILES string of the molecule is O=[N+]([O-])c1ccc2c(c1)CN(CCCCCNS(=O)(=O)c1ccccc1)CC2. The van der Waals surface area contributed by atoms with Crippen LogP contribution in [0.3, 0.4) is 0 Å². The number of nitro groups is 1. The van der Waals surface area contributed by atoms with E-state index in [1.54, 1.807) is 42.5 Å². The fourth-order valence-electron chi connectivity index (χ4n) is 3.43. The van der Waals surface area contributed by atoms with Gasteiger partial charge in [0.05, 0.1) is 9.82 Å². The monoisotopic (exact) mass is 403 g/mol. The van der Waals surface area contributed by atoms with Crippen molar-refractivity contribution in [3.05, 3.63) is 69.8 Å². The second-order valence-corrected chi connectivity index (χ2v) is 8.77. The molecule has 0 aromatic heterocycles. The normalized spacial score (nSPS) is 14.6. The summed E-state index contributed by atoms with van der Waals surface area (Å²) in [6.45, 7) is 3.02. The van der Waals surface area contributed by atoms with Crippen molar-refractivity contribution in [1.29, 1.82) is 0 Å². The van der Waals surface area contributed by atoms with Gasteiger partial charge >= 0.3 is 0 Å². The summed E-state index contributed by atoms with van der Waals surface area (Å²) in [5, 5.41) is 10.9. The molecule has 8 heteroatoms. The minimum absolute atomic E-state index is 0.145. The zero-order chi connectivity index (χ0) is 20.0. The van der Waals surface area contributed by atoms with Crippen LogP contribution in [0.2, 0.25) is 0 Å². The first-order valence-corrected chi connectivity index (χ1v) is 11.0. The van der Waals surface area contributed by atoms with Crippen LogP contribution in [0.1, 0.15) is 30.4 Å². The molecule has 0 bridgehead atoms. The second kappa shape index (κ2) is 9.27. The average Bonchev–Trinajstić information content (AvgIpc) is 2.70. The lowest BCUT2D eigenvalue weighted by molar-refractivity contribution is -0.385. The lowest BCUT2D eigenvalue weighted by atomic mass is 9.99. The molecule has 0 saturated carbocycles. The highest BCUT2D eigenvalue weighted by Gasteiger charge is 2.18. The molecule has 150 valence electrons. The second-order valence-electron chi connectivity index (χ2n) is 7.01. The molecule has 7 nitrogen and oxygen atoms in total. The topological polar surface area (TPSA) is 92.6 Å². The van der Waals surface area contributed by atoms with Gasteiger partial charge in [0.25, 0.3) is 5.69 Å². The molecule has 0 aliphatic carbocycles. The molecular formula is C20H25N3O4S. The number of rotatable bonds is 9. The zero-order valence-electron chi connectivity index (χ0n) is 15.7. The summed E-state index contributed by atoms with van der Waals surface area (Å²) in [4.78, 5) is 13.2. The molecule has 0 saturated heterocycles. The highest BCUT2D eigenvalue weighted by Crippen LogP contribution is 2.24. The predicted molar refractivity (Wildman–Crippen MR) is 108 cm³/mol. The van der Waals surface area contributed by atoms with Gasteiger partial charge in [-0.1, -0.05) is 30.7 Å². The van der Waals surface area contributed by atoms with Crippen LogP contribution in [0.4, 0.5) is 5.69 Å². The Morgan fingerprint density at radius 2 is 1.82 bits per heavy atom. The molecule has 1 heterocycles. The van der Waals surface area contributed by atoms with Gasteiger partial charge in [0.1, 0.15) is 0 Å². The van der Waals surface area contributed by atoms with Gasteiger partial charge in [-0.2, -0.15) is 0 Å². The molecule has 2 aromatic carbocycles. The summed E-state index contributed by atoms with van der Waals surface area (Å²) in [5.74, 6) is 0. The maximum absolute atomic E-state index is 12.1. The van der Waals surface area contributed by atoms with E-state index in [-0.39, 0.29) is 15.5 Å². The van der Waals surface area contributed by atoms with E-state index < -0.39 is 10.0 Å². The molecule has 1 N–H and O–H groups in total. The van der Waals surface area contributed by atoms with E-state index in [1.165, 1.54) is 5.56 Å². The van der Waals surface area contributed by atoms with Gasteiger partial charge in [0.2, 0.25) is 10.0 Å². The molecule has 2 aromatic rings. The third kappa shape index (κ3) is 5.37. The average molecular weight is 404 g/mol. The standard InChI is InChI=1S/C20H25N3O4S/c24-23(25)19-10-9-17-11-14-22(16-18(17)15-19)13-6-2-5-12-21-28(26,27)20-7-3-1-4-8-20/h1,3-4,7-10,15,21H,2,5-6,11-14,16H2. The molecule has 0 radical (unpaired) electrons. The van der Waals surface area contributed by atoms with E-state index >= 15 is 0 Å².